The van der Waals surface area contributed by atoms with Gasteiger partial charge in [0.15, 0.2) is 0 Å². The van der Waals surface area contributed by atoms with E-state index in [0.29, 0.717) is 6.61 Å². The Bertz CT molecular complexity index is 492. The fraction of sp³-hybridized carbons (Fsp3) is 0.650. The monoisotopic (exact) mass is 330 g/mol. The molecule has 0 atom stereocenters. The maximum atomic E-state index is 12.2. The van der Waals surface area contributed by atoms with Crippen molar-refractivity contribution in [1.82, 2.24) is 9.80 Å². The predicted octanol–water partition coefficient (Wildman–Crippen LogP) is 3.91. The third kappa shape index (κ3) is 5.23. The summed E-state index contributed by atoms with van der Waals surface area (Å²) in [7, 11) is 0. The van der Waals surface area contributed by atoms with Crippen molar-refractivity contribution in [2.45, 2.75) is 45.1 Å². The Labute approximate surface area is 145 Å². The van der Waals surface area contributed by atoms with Gasteiger partial charge in [-0.1, -0.05) is 62.4 Å². The van der Waals surface area contributed by atoms with Gasteiger partial charge in [0.2, 0.25) is 0 Å². The second-order valence-electron chi connectivity index (χ2n) is 7.16. The number of benzene rings is 1. The molecule has 1 heterocycles. The molecule has 1 amide bonds. The molecular weight excluding hydrogens is 300 g/mol. The van der Waals surface area contributed by atoms with Crippen LogP contribution in [0.25, 0.3) is 0 Å². The van der Waals surface area contributed by atoms with E-state index in [1.54, 1.807) is 0 Å². The second kappa shape index (κ2) is 9.07. The number of carbonyl (C=O) groups is 1. The minimum Gasteiger partial charge on any atom is -0.445 e. The molecule has 1 aliphatic carbocycles. The van der Waals surface area contributed by atoms with Gasteiger partial charge in [-0.15, -0.1) is 0 Å². The van der Waals surface area contributed by atoms with E-state index in [2.05, 4.69) is 4.90 Å². The molecule has 0 spiro atoms. The van der Waals surface area contributed by atoms with Gasteiger partial charge in [0.1, 0.15) is 6.61 Å². The molecule has 4 nitrogen and oxygen atoms in total. The van der Waals surface area contributed by atoms with Crippen molar-refractivity contribution in [1.29, 1.82) is 0 Å². The lowest BCUT2D eigenvalue weighted by Crippen LogP contribution is -2.49. The topological polar surface area (TPSA) is 32.8 Å². The summed E-state index contributed by atoms with van der Waals surface area (Å²) < 4.78 is 5.43. The maximum absolute atomic E-state index is 12.2. The van der Waals surface area contributed by atoms with Gasteiger partial charge in [0.05, 0.1) is 0 Å². The zero-order valence-electron chi connectivity index (χ0n) is 14.7. The molecule has 3 rings (SSSR count). The van der Waals surface area contributed by atoms with E-state index >= 15 is 0 Å². The highest BCUT2D eigenvalue weighted by Crippen LogP contribution is 2.26. The number of hydrogen-bond donors (Lipinski definition) is 0. The van der Waals surface area contributed by atoms with Crippen molar-refractivity contribution in [3.05, 3.63) is 35.9 Å². The van der Waals surface area contributed by atoms with Crippen LogP contribution in [0.3, 0.4) is 0 Å². The Morgan fingerprint density at radius 3 is 2.42 bits per heavy atom. The zero-order chi connectivity index (χ0) is 16.6. The SMILES string of the molecule is O=C(OCc1ccccc1)N1CCN(CCC2CCCCC2)CC1. The van der Waals surface area contributed by atoms with Crippen molar-refractivity contribution in [3.63, 3.8) is 0 Å². The van der Waals surface area contributed by atoms with Crippen LogP contribution in [0.15, 0.2) is 30.3 Å². The molecule has 0 radical (unpaired) electrons. The lowest BCUT2D eigenvalue weighted by molar-refractivity contribution is 0.0698. The molecule has 24 heavy (non-hydrogen) atoms. The summed E-state index contributed by atoms with van der Waals surface area (Å²) >= 11 is 0. The molecule has 1 saturated heterocycles. The lowest BCUT2D eigenvalue weighted by atomic mass is 9.87. The summed E-state index contributed by atoms with van der Waals surface area (Å²) in [6.45, 7) is 5.09. The van der Waals surface area contributed by atoms with Gasteiger partial charge in [-0.25, -0.2) is 4.79 Å². The molecule has 1 saturated carbocycles. The first-order chi connectivity index (χ1) is 11.8. The largest absolute Gasteiger partial charge is 0.445 e. The molecule has 0 N–H and O–H groups in total. The Balaban J connectivity index is 1.33. The minimum atomic E-state index is -0.175. The van der Waals surface area contributed by atoms with Crippen LogP contribution in [0, 0.1) is 5.92 Å². The van der Waals surface area contributed by atoms with Gasteiger partial charge < -0.3 is 9.64 Å². The molecule has 0 bridgehead atoms. The normalized spacial score (nSPS) is 20.1. The number of rotatable bonds is 5. The van der Waals surface area contributed by atoms with Crippen LogP contribution in [0.5, 0.6) is 0 Å². The number of ether oxygens (including phenoxy) is 1. The Hall–Kier alpha value is -1.55. The average molecular weight is 330 g/mol. The van der Waals surface area contributed by atoms with Crippen molar-refractivity contribution < 1.29 is 9.53 Å². The van der Waals surface area contributed by atoms with E-state index in [1.165, 1.54) is 45.1 Å². The maximum Gasteiger partial charge on any atom is 0.410 e. The Morgan fingerprint density at radius 1 is 1.00 bits per heavy atom. The van der Waals surface area contributed by atoms with E-state index < -0.39 is 0 Å². The first-order valence-corrected chi connectivity index (χ1v) is 9.49. The molecule has 2 fully saturated rings. The molecule has 4 heteroatoms. The lowest BCUT2D eigenvalue weighted by Gasteiger charge is -2.35. The van der Waals surface area contributed by atoms with Crippen LogP contribution in [-0.2, 0) is 11.3 Å². The van der Waals surface area contributed by atoms with Crippen molar-refractivity contribution >= 4 is 6.09 Å². The fourth-order valence-electron chi connectivity index (χ4n) is 3.81. The summed E-state index contributed by atoms with van der Waals surface area (Å²) in [5.74, 6) is 0.938. The summed E-state index contributed by atoms with van der Waals surface area (Å²) in [4.78, 5) is 16.5. The van der Waals surface area contributed by atoms with Crippen LogP contribution < -0.4 is 0 Å². The quantitative estimate of drug-likeness (QED) is 0.820. The van der Waals surface area contributed by atoms with Crippen molar-refractivity contribution in [2.75, 3.05) is 32.7 Å². The minimum absolute atomic E-state index is 0.175. The summed E-state index contributed by atoms with van der Waals surface area (Å²) in [5, 5.41) is 0. The standard InChI is InChI=1S/C20H30N2O2/c23-20(24-17-19-9-5-2-6-10-19)22-15-13-21(14-16-22)12-11-18-7-3-1-4-8-18/h2,5-6,9-10,18H,1,3-4,7-8,11-17H2. The Morgan fingerprint density at radius 2 is 1.71 bits per heavy atom. The van der Waals surface area contributed by atoms with E-state index in [0.717, 1.165) is 37.7 Å². The molecule has 1 aromatic carbocycles. The van der Waals surface area contributed by atoms with Gasteiger partial charge in [-0.3, -0.25) is 4.90 Å². The summed E-state index contributed by atoms with van der Waals surface area (Å²) in [6.07, 6.45) is 8.28. The van der Waals surface area contributed by atoms with Crippen LogP contribution in [0.4, 0.5) is 4.79 Å². The fourth-order valence-corrected chi connectivity index (χ4v) is 3.81. The van der Waals surface area contributed by atoms with Crippen LogP contribution in [0.2, 0.25) is 0 Å². The number of piperazine rings is 1. The number of amides is 1. The zero-order valence-corrected chi connectivity index (χ0v) is 14.7. The third-order valence-corrected chi connectivity index (χ3v) is 5.41. The van der Waals surface area contributed by atoms with Gasteiger partial charge >= 0.3 is 6.09 Å². The highest BCUT2D eigenvalue weighted by molar-refractivity contribution is 5.67. The van der Waals surface area contributed by atoms with Crippen molar-refractivity contribution in [3.8, 4) is 0 Å². The third-order valence-electron chi connectivity index (χ3n) is 5.41. The molecule has 0 unspecified atom stereocenters. The van der Waals surface area contributed by atoms with Crippen LogP contribution in [-0.4, -0.2) is 48.6 Å². The first-order valence-electron chi connectivity index (χ1n) is 9.49. The van der Waals surface area contributed by atoms with E-state index in [1.807, 2.05) is 35.2 Å². The van der Waals surface area contributed by atoms with Crippen LogP contribution in [0.1, 0.15) is 44.1 Å². The molecular formula is C20H30N2O2. The van der Waals surface area contributed by atoms with Crippen LogP contribution >= 0.6 is 0 Å². The summed E-state index contributed by atoms with van der Waals surface area (Å²) in [6, 6.07) is 9.87. The van der Waals surface area contributed by atoms with Gasteiger partial charge in [-0.05, 0) is 24.4 Å². The highest BCUT2D eigenvalue weighted by Gasteiger charge is 2.23. The molecule has 2 aliphatic rings. The number of hydrogen-bond acceptors (Lipinski definition) is 3. The number of carbonyl (C=O) groups excluding carboxylic acids is 1. The van der Waals surface area contributed by atoms with E-state index in [9.17, 15) is 4.79 Å². The van der Waals surface area contributed by atoms with Gasteiger partial charge in [-0.2, -0.15) is 0 Å². The predicted molar refractivity (Wildman–Crippen MR) is 95.8 cm³/mol. The molecule has 132 valence electrons. The Kier molecular flexibility index (Phi) is 6.53. The van der Waals surface area contributed by atoms with Gasteiger partial charge in [0.25, 0.3) is 0 Å². The van der Waals surface area contributed by atoms with Crippen molar-refractivity contribution in [2.24, 2.45) is 5.92 Å². The summed E-state index contributed by atoms with van der Waals surface area (Å²) in [5.41, 5.74) is 1.04. The molecule has 1 aromatic rings. The van der Waals surface area contributed by atoms with E-state index in [4.69, 9.17) is 4.74 Å². The first kappa shape index (κ1) is 17.3. The number of nitrogens with zero attached hydrogens (tertiary/aromatic N) is 2. The molecule has 0 aromatic heterocycles. The van der Waals surface area contributed by atoms with E-state index in [-0.39, 0.29) is 6.09 Å². The second-order valence-corrected chi connectivity index (χ2v) is 7.16. The molecule has 1 aliphatic heterocycles. The highest BCUT2D eigenvalue weighted by atomic mass is 16.6. The van der Waals surface area contributed by atoms with Gasteiger partial charge in [0, 0.05) is 26.2 Å². The smallest absolute Gasteiger partial charge is 0.410 e. The average Bonchev–Trinajstić information content (AvgIpc) is 2.66.